The van der Waals surface area contributed by atoms with Crippen molar-refractivity contribution in [2.75, 3.05) is 5.32 Å². The molecule has 0 fully saturated rings. The third-order valence-electron chi connectivity index (χ3n) is 2.14. The lowest BCUT2D eigenvalue weighted by atomic mass is 10.1. The van der Waals surface area contributed by atoms with Gasteiger partial charge in [-0.15, -0.1) is 0 Å². The number of hydrogen-bond donors (Lipinski definition) is 1. The Balaban J connectivity index is 2.96. The summed E-state index contributed by atoms with van der Waals surface area (Å²) in [5.41, 5.74) is 1.19. The zero-order chi connectivity index (χ0) is 11.3. The first-order chi connectivity index (χ1) is 7.19. The summed E-state index contributed by atoms with van der Waals surface area (Å²) in [5, 5.41) is 2.72. The molecule has 0 radical (unpaired) electrons. The highest BCUT2D eigenvalue weighted by atomic mass is 16.1. The quantitative estimate of drug-likeness (QED) is 0.768. The zero-order valence-corrected chi connectivity index (χ0v) is 9.04. The van der Waals surface area contributed by atoms with Crippen LogP contribution in [-0.2, 0) is 4.79 Å². The Hall–Kier alpha value is -1.64. The maximum Gasteiger partial charge on any atom is 0.224 e. The summed E-state index contributed by atoms with van der Waals surface area (Å²) >= 11 is 0. The summed E-state index contributed by atoms with van der Waals surface area (Å²) < 4.78 is 0. The summed E-state index contributed by atoms with van der Waals surface area (Å²) in [6.45, 7) is 3.58. The van der Waals surface area contributed by atoms with Gasteiger partial charge >= 0.3 is 0 Å². The van der Waals surface area contributed by atoms with Crippen LogP contribution in [0.3, 0.4) is 0 Å². The van der Waals surface area contributed by atoms with E-state index in [4.69, 9.17) is 0 Å². The zero-order valence-electron chi connectivity index (χ0n) is 9.04. The van der Waals surface area contributed by atoms with Crippen molar-refractivity contribution >= 4 is 17.4 Å². The molecule has 0 aliphatic rings. The normalized spacial score (nSPS) is 9.73. The van der Waals surface area contributed by atoms with Gasteiger partial charge in [0.25, 0.3) is 0 Å². The molecule has 0 aromatic heterocycles. The molecular formula is C12H15NO2. The predicted octanol–water partition coefficient (Wildman–Crippen LogP) is 2.63. The summed E-state index contributed by atoms with van der Waals surface area (Å²) in [4.78, 5) is 22.8. The van der Waals surface area contributed by atoms with E-state index >= 15 is 0 Å². The SMILES string of the molecule is CCC(=O)Nc1ccccc1C(=O)CC. The number of amides is 1. The molecule has 1 rings (SSSR count). The van der Waals surface area contributed by atoms with E-state index in [1.54, 1.807) is 38.1 Å². The van der Waals surface area contributed by atoms with Crippen LogP contribution in [0.1, 0.15) is 37.0 Å². The molecule has 0 saturated carbocycles. The second-order valence-electron chi connectivity index (χ2n) is 3.22. The minimum atomic E-state index is -0.0775. The van der Waals surface area contributed by atoms with Crippen molar-refractivity contribution in [2.45, 2.75) is 26.7 Å². The van der Waals surface area contributed by atoms with Gasteiger partial charge in [-0.05, 0) is 12.1 Å². The molecule has 0 heterocycles. The molecule has 0 unspecified atom stereocenters. The molecule has 1 amide bonds. The average molecular weight is 205 g/mol. The molecule has 3 heteroatoms. The van der Waals surface area contributed by atoms with Gasteiger partial charge in [0.05, 0.1) is 5.69 Å². The first-order valence-corrected chi connectivity index (χ1v) is 5.11. The first kappa shape index (κ1) is 11.4. The van der Waals surface area contributed by atoms with Crippen LogP contribution in [0.5, 0.6) is 0 Å². The van der Waals surface area contributed by atoms with Crippen LogP contribution in [0.4, 0.5) is 5.69 Å². The van der Waals surface area contributed by atoms with Gasteiger partial charge in [-0.2, -0.15) is 0 Å². The van der Waals surface area contributed by atoms with Gasteiger partial charge < -0.3 is 5.32 Å². The molecular weight excluding hydrogens is 190 g/mol. The molecule has 0 aliphatic heterocycles. The van der Waals surface area contributed by atoms with Crippen LogP contribution in [0.2, 0.25) is 0 Å². The maximum absolute atomic E-state index is 11.6. The van der Waals surface area contributed by atoms with Gasteiger partial charge in [0.2, 0.25) is 5.91 Å². The Morgan fingerprint density at radius 2 is 1.80 bits per heavy atom. The molecule has 1 aromatic rings. The van der Waals surface area contributed by atoms with E-state index in [1.165, 1.54) is 0 Å². The van der Waals surface area contributed by atoms with Crippen LogP contribution >= 0.6 is 0 Å². The van der Waals surface area contributed by atoms with Crippen molar-refractivity contribution in [3.63, 3.8) is 0 Å². The summed E-state index contributed by atoms with van der Waals surface area (Å²) in [7, 11) is 0. The van der Waals surface area contributed by atoms with Crippen molar-refractivity contribution in [2.24, 2.45) is 0 Å². The highest BCUT2D eigenvalue weighted by Crippen LogP contribution is 2.16. The molecule has 80 valence electrons. The number of para-hydroxylation sites is 1. The van der Waals surface area contributed by atoms with E-state index in [9.17, 15) is 9.59 Å². The van der Waals surface area contributed by atoms with Crippen LogP contribution in [0, 0.1) is 0 Å². The van der Waals surface area contributed by atoms with E-state index in [0.29, 0.717) is 24.1 Å². The van der Waals surface area contributed by atoms with Crippen LogP contribution in [0.15, 0.2) is 24.3 Å². The molecule has 15 heavy (non-hydrogen) atoms. The van der Waals surface area contributed by atoms with Gasteiger partial charge in [0.1, 0.15) is 0 Å². The minimum absolute atomic E-state index is 0.0435. The molecule has 1 aromatic carbocycles. The molecule has 0 saturated heterocycles. The minimum Gasteiger partial charge on any atom is -0.325 e. The van der Waals surface area contributed by atoms with Crippen molar-refractivity contribution in [1.82, 2.24) is 0 Å². The number of nitrogens with one attached hydrogen (secondary N) is 1. The number of carbonyl (C=O) groups excluding carboxylic acids is 2. The first-order valence-electron chi connectivity index (χ1n) is 5.11. The Bertz CT molecular complexity index is 372. The Morgan fingerprint density at radius 3 is 2.40 bits per heavy atom. The van der Waals surface area contributed by atoms with Crippen LogP contribution in [0.25, 0.3) is 0 Å². The van der Waals surface area contributed by atoms with Crippen LogP contribution in [-0.4, -0.2) is 11.7 Å². The number of carbonyl (C=O) groups is 2. The lowest BCUT2D eigenvalue weighted by Crippen LogP contribution is -2.12. The van der Waals surface area contributed by atoms with Crippen molar-refractivity contribution in [3.05, 3.63) is 29.8 Å². The van der Waals surface area contributed by atoms with Gasteiger partial charge in [0.15, 0.2) is 5.78 Å². The largest absolute Gasteiger partial charge is 0.325 e. The molecule has 0 atom stereocenters. The summed E-state index contributed by atoms with van der Waals surface area (Å²) in [5.74, 6) is -0.0339. The van der Waals surface area contributed by atoms with Crippen molar-refractivity contribution < 1.29 is 9.59 Å². The Kier molecular flexibility index (Phi) is 4.03. The smallest absolute Gasteiger partial charge is 0.224 e. The van der Waals surface area contributed by atoms with E-state index < -0.39 is 0 Å². The summed E-state index contributed by atoms with van der Waals surface area (Å²) in [6, 6.07) is 7.08. The third kappa shape index (κ3) is 2.91. The number of Topliss-reactive ketones (excluding diaryl/α,β-unsaturated/α-hetero) is 1. The molecule has 0 aliphatic carbocycles. The van der Waals surface area contributed by atoms with Gasteiger partial charge in [-0.3, -0.25) is 9.59 Å². The molecule has 0 spiro atoms. The highest BCUT2D eigenvalue weighted by molar-refractivity contribution is 6.04. The third-order valence-corrected chi connectivity index (χ3v) is 2.14. The standard InChI is InChI=1S/C12H15NO2/c1-3-11(14)9-7-5-6-8-10(9)13-12(15)4-2/h5-8H,3-4H2,1-2H3,(H,13,15). The van der Waals surface area contributed by atoms with Crippen molar-refractivity contribution in [1.29, 1.82) is 0 Å². The molecule has 0 bridgehead atoms. The number of ketones is 1. The maximum atomic E-state index is 11.6. The summed E-state index contributed by atoms with van der Waals surface area (Å²) in [6.07, 6.45) is 0.855. The molecule has 1 N–H and O–H groups in total. The lowest BCUT2D eigenvalue weighted by molar-refractivity contribution is -0.115. The highest BCUT2D eigenvalue weighted by Gasteiger charge is 2.09. The monoisotopic (exact) mass is 205 g/mol. The van der Waals surface area contributed by atoms with Crippen molar-refractivity contribution in [3.8, 4) is 0 Å². The van der Waals surface area contributed by atoms with Gasteiger partial charge in [0, 0.05) is 18.4 Å². The molecule has 3 nitrogen and oxygen atoms in total. The Labute approximate surface area is 89.5 Å². The van der Waals surface area contributed by atoms with E-state index in [1.807, 2.05) is 0 Å². The van der Waals surface area contributed by atoms with E-state index in [0.717, 1.165) is 0 Å². The van der Waals surface area contributed by atoms with Gasteiger partial charge in [-0.25, -0.2) is 0 Å². The van der Waals surface area contributed by atoms with Gasteiger partial charge in [-0.1, -0.05) is 26.0 Å². The number of hydrogen-bond acceptors (Lipinski definition) is 2. The number of anilines is 1. The fraction of sp³-hybridized carbons (Fsp3) is 0.333. The van der Waals surface area contributed by atoms with E-state index in [2.05, 4.69) is 5.32 Å². The second kappa shape index (κ2) is 5.29. The topological polar surface area (TPSA) is 46.2 Å². The fourth-order valence-corrected chi connectivity index (χ4v) is 1.26. The predicted molar refractivity (Wildman–Crippen MR) is 60.0 cm³/mol. The Morgan fingerprint density at radius 1 is 1.13 bits per heavy atom. The van der Waals surface area contributed by atoms with E-state index in [-0.39, 0.29) is 11.7 Å². The van der Waals surface area contributed by atoms with Crippen LogP contribution < -0.4 is 5.32 Å². The number of rotatable bonds is 4. The average Bonchev–Trinajstić information content (AvgIpc) is 2.28. The fourth-order valence-electron chi connectivity index (χ4n) is 1.26. The number of benzene rings is 1. The second-order valence-corrected chi connectivity index (χ2v) is 3.22. The lowest BCUT2D eigenvalue weighted by Gasteiger charge is -2.08.